The summed E-state index contributed by atoms with van der Waals surface area (Å²) in [6.45, 7) is 5.73. The molecule has 64 valence electrons. The van der Waals surface area contributed by atoms with Crippen molar-refractivity contribution in [1.29, 1.82) is 0 Å². The highest BCUT2D eigenvalue weighted by atomic mass is 35.5. The second-order valence-corrected chi connectivity index (χ2v) is 4.26. The molecule has 0 heterocycles. The van der Waals surface area contributed by atoms with Crippen LogP contribution in [0.25, 0.3) is 0 Å². The SMILES string of the molecule is C=C(C)Sc1ccc(Cl)cc1N. The lowest BCUT2D eigenvalue weighted by molar-refractivity contribution is 1.46. The lowest BCUT2D eigenvalue weighted by Crippen LogP contribution is -1.87. The molecule has 3 heteroatoms. The first kappa shape index (κ1) is 9.49. The second kappa shape index (κ2) is 3.87. The Morgan fingerprint density at radius 3 is 2.75 bits per heavy atom. The lowest BCUT2D eigenvalue weighted by Gasteiger charge is -2.04. The normalized spacial score (nSPS) is 9.83. The molecular weight excluding hydrogens is 190 g/mol. The van der Waals surface area contributed by atoms with Crippen LogP contribution in [-0.2, 0) is 0 Å². The van der Waals surface area contributed by atoms with Gasteiger partial charge in [0.15, 0.2) is 0 Å². The molecule has 0 radical (unpaired) electrons. The predicted molar refractivity (Wildman–Crippen MR) is 56.5 cm³/mol. The molecule has 0 spiro atoms. The zero-order chi connectivity index (χ0) is 9.14. The van der Waals surface area contributed by atoms with Crippen LogP contribution in [0, 0.1) is 0 Å². The van der Waals surface area contributed by atoms with Crippen molar-refractivity contribution < 1.29 is 0 Å². The number of benzene rings is 1. The maximum atomic E-state index is 5.74. The van der Waals surface area contributed by atoms with Gasteiger partial charge >= 0.3 is 0 Å². The van der Waals surface area contributed by atoms with Gasteiger partial charge in [-0.1, -0.05) is 29.9 Å². The molecule has 0 aliphatic rings. The fraction of sp³-hybridized carbons (Fsp3) is 0.111. The minimum absolute atomic E-state index is 0.665. The molecule has 0 bridgehead atoms. The smallest absolute Gasteiger partial charge is 0.0470 e. The Morgan fingerprint density at radius 2 is 2.25 bits per heavy atom. The van der Waals surface area contributed by atoms with Gasteiger partial charge in [-0.25, -0.2) is 0 Å². The quantitative estimate of drug-likeness (QED) is 0.583. The highest BCUT2D eigenvalue weighted by Gasteiger charge is 1.99. The average molecular weight is 200 g/mol. The van der Waals surface area contributed by atoms with Crippen molar-refractivity contribution in [2.45, 2.75) is 11.8 Å². The van der Waals surface area contributed by atoms with Gasteiger partial charge in [0.25, 0.3) is 0 Å². The van der Waals surface area contributed by atoms with Gasteiger partial charge in [0.1, 0.15) is 0 Å². The van der Waals surface area contributed by atoms with Crippen molar-refractivity contribution in [2.24, 2.45) is 0 Å². The third-order valence-electron chi connectivity index (χ3n) is 1.26. The van der Waals surface area contributed by atoms with Crippen molar-refractivity contribution in [3.63, 3.8) is 0 Å². The largest absolute Gasteiger partial charge is 0.398 e. The number of anilines is 1. The Balaban J connectivity index is 2.93. The molecule has 1 aromatic carbocycles. The van der Waals surface area contributed by atoms with Gasteiger partial charge in [-0.15, -0.1) is 0 Å². The summed E-state index contributed by atoms with van der Waals surface area (Å²) in [5, 5.41) is 0.665. The third kappa shape index (κ3) is 2.47. The van der Waals surface area contributed by atoms with Crippen LogP contribution in [-0.4, -0.2) is 0 Å². The van der Waals surface area contributed by atoms with E-state index in [1.54, 1.807) is 17.8 Å². The maximum Gasteiger partial charge on any atom is 0.0470 e. The van der Waals surface area contributed by atoms with E-state index in [0.717, 1.165) is 9.80 Å². The van der Waals surface area contributed by atoms with Gasteiger partial charge in [0.05, 0.1) is 0 Å². The Hall–Kier alpha value is -0.600. The monoisotopic (exact) mass is 199 g/mol. The Labute approximate surface area is 81.6 Å². The first-order chi connectivity index (χ1) is 5.59. The topological polar surface area (TPSA) is 26.0 Å². The van der Waals surface area contributed by atoms with E-state index in [1.807, 2.05) is 19.1 Å². The highest BCUT2D eigenvalue weighted by molar-refractivity contribution is 8.03. The number of nitrogens with two attached hydrogens (primary N) is 1. The fourth-order valence-electron chi connectivity index (χ4n) is 0.800. The summed E-state index contributed by atoms with van der Waals surface area (Å²) in [7, 11) is 0. The number of hydrogen-bond acceptors (Lipinski definition) is 2. The summed E-state index contributed by atoms with van der Waals surface area (Å²) in [6, 6.07) is 5.47. The molecule has 0 unspecified atom stereocenters. The van der Waals surface area contributed by atoms with E-state index < -0.39 is 0 Å². The first-order valence-electron chi connectivity index (χ1n) is 3.48. The molecule has 0 amide bonds. The molecule has 1 rings (SSSR count). The van der Waals surface area contributed by atoms with Crippen LogP contribution in [0.3, 0.4) is 0 Å². The average Bonchev–Trinajstić information content (AvgIpc) is 1.94. The lowest BCUT2D eigenvalue weighted by atomic mass is 10.3. The summed E-state index contributed by atoms with van der Waals surface area (Å²) < 4.78 is 0. The van der Waals surface area contributed by atoms with Crippen LogP contribution in [0.2, 0.25) is 5.02 Å². The number of nitrogen functional groups attached to an aromatic ring is 1. The summed E-state index contributed by atoms with van der Waals surface area (Å²) in [4.78, 5) is 2.02. The summed E-state index contributed by atoms with van der Waals surface area (Å²) in [5.41, 5.74) is 6.43. The van der Waals surface area contributed by atoms with Gasteiger partial charge in [-0.2, -0.15) is 0 Å². The molecule has 0 saturated carbocycles. The van der Waals surface area contributed by atoms with Crippen molar-refractivity contribution in [1.82, 2.24) is 0 Å². The molecule has 0 saturated heterocycles. The number of halogens is 1. The predicted octanol–water partition coefficient (Wildman–Crippen LogP) is 3.55. The van der Waals surface area contributed by atoms with Crippen LogP contribution >= 0.6 is 23.4 Å². The molecule has 1 nitrogen and oxygen atoms in total. The van der Waals surface area contributed by atoms with E-state index in [1.165, 1.54) is 0 Å². The summed E-state index contributed by atoms with van der Waals surface area (Å²) in [6.07, 6.45) is 0. The number of rotatable bonds is 2. The minimum atomic E-state index is 0.665. The van der Waals surface area contributed by atoms with Gasteiger partial charge in [0.2, 0.25) is 0 Å². The molecular formula is C9H10ClNS. The number of hydrogen-bond donors (Lipinski definition) is 1. The standard InChI is InChI=1S/C9H10ClNS/c1-6(2)12-9-4-3-7(10)5-8(9)11/h3-5H,1,11H2,2H3. The Kier molecular flexibility index (Phi) is 3.06. The van der Waals surface area contributed by atoms with E-state index in [4.69, 9.17) is 17.3 Å². The van der Waals surface area contributed by atoms with E-state index in [9.17, 15) is 0 Å². The van der Waals surface area contributed by atoms with Crippen LogP contribution in [0.1, 0.15) is 6.92 Å². The maximum absolute atomic E-state index is 5.74. The molecule has 2 N–H and O–H groups in total. The third-order valence-corrected chi connectivity index (χ3v) is 2.43. The summed E-state index contributed by atoms with van der Waals surface area (Å²) in [5.74, 6) is 0. The van der Waals surface area contributed by atoms with Gasteiger partial charge in [-0.05, 0) is 30.0 Å². The van der Waals surface area contributed by atoms with Crippen LogP contribution in [0.15, 0.2) is 34.6 Å². The van der Waals surface area contributed by atoms with E-state index in [0.29, 0.717) is 10.7 Å². The number of thioether (sulfide) groups is 1. The van der Waals surface area contributed by atoms with Crippen LogP contribution < -0.4 is 5.73 Å². The number of allylic oxidation sites excluding steroid dienone is 1. The van der Waals surface area contributed by atoms with Crippen molar-refractivity contribution >= 4 is 29.1 Å². The van der Waals surface area contributed by atoms with Crippen molar-refractivity contribution in [3.05, 3.63) is 34.7 Å². The van der Waals surface area contributed by atoms with Crippen LogP contribution in [0.5, 0.6) is 0 Å². The first-order valence-corrected chi connectivity index (χ1v) is 4.67. The molecule has 12 heavy (non-hydrogen) atoms. The van der Waals surface area contributed by atoms with Crippen molar-refractivity contribution in [2.75, 3.05) is 5.73 Å². The molecule has 0 fully saturated rings. The molecule has 0 aliphatic carbocycles. The minimum Gasteiger partial charge on any atom is -0.398 e. The van der Waals surface area contributed by atoms with Crippen LogP contribution in [0.4, 0.5) is 5.69 Å². The summed E-state index contributed by atoms with van der Waals surface area (Å²) >= 11 is 7.30. The van der Waals surface area contributed by atoms with Gasteiger partial charge in [-0.3, -0.25) is 0 Å². The molecule has 1 aromatic rings. The zero-order valence-electron chi connectivity index (χ0n) is 6.80. The zero-order valence-corrected chi connectivity index (χ0v) is 8.38. The fourth-order valence-corrected chi connectivity index (χ4v) is 1.67. The molecule has 0 aromatic heterocycles. The highest BCUT2D eigenvalue weighted by Crippen LogP contribution is 2.31. The Bertz CT molecular complexity index is 309. The Morgan fingerprint density at radius 1 is 1.58 bits per heavy atom. The van der Waals surface area contributed by atoms with E-state index in [-0.39, 0.29) is 0 Å². The van der Waals surface area contributed by atoms with Gasteiger partial charge < -0.3 is 5.73 Å². The van der Waals surface area contributed by atoms with Crippen molar-refractivity contribution in [3.8, 4) is 0 Å². The van der Waals surface area contributed by atoms with Gasteiger partial charge in [0, 0.05) is 15.6 Å². The van der Waals surface area contributed by atoms with E-state index >= 15 is 0 Å². The molecule has 0 atom stereocenters. The second-order valence-electron chi connectivity index (χ2n) is 2.49. The molecule has 0 aliphatic heterocycles. The van der Waals surface area contributed by atoms with E-state index in [2.05, 4.69) is 6.58 Å².